The first-order valence-corrected chi connectivity index (χ1v) is 6.88. The highest BCUT2D eigenvalue weighted by atomic mass is 127. The minimum absolute atomic E-state index is 0.111. The normalized spacial score (nSPS) is 11.1. The van der Waals surface area contributed by atoms with Crippen molar-refractivity contribution in [2.75, 3.05) is 5.32 Å². The number of nitrogens with zero attached hydrogens (tertiary/aromatic N) is 1. The second-order valence-electron chi connectivity index (χ2n) is 3.21. The number of benzene rings is 1. The molecule has 0 heterocycles. The molecule has 8 nitrogen and oxygen atoms in total. The standard InChI is InChI=1S/C8H7IN2O6S/c1-4(12)10-8-6(9)2-5(18(15,16)17)3-7(8)11(13)14/h2-3H,1H3,(H,10,12)(H,15,16,17). The fourth-order valence-electron chi connectivity index (χ4n) is 1.16. The van der Waals surface area contributed by atoms with Gasteiger partial charge in [-0.1, -0.05) is 0 Å². The lowest BCUT2D eigenvalue weighted by Crippen LogP contribution is -2.11. The van der Waals surface area contributed by atoms with Crippen LogP contribution in [0.25, 0.3) is 0 Å². The van der Waals surface area contributed by atoms with E-state index in [0.29, 0.717) is 6.07 Å². The quantitative estimate of drug-likeness (QED) is 0.350. The van der Waals surface area contributed by atoms with Gasteiger partial charge in [-0.2, -0.15) is 8.42 Å². The van der Waals surface area contributed by atoms with Crippen molar-refractivity contribution in [2.45, 2.75) is 11.8 Å². The molecule has 18 heavy (non-hydrogen) atoms. The summed E-state index contributed by atoms with van der Waals surface area (Å²) in [6, 6.07) is 1.71. The van der Waals surface area contributed by atoms with E-state index in [-0.39, 0.29) is 9.26 Å². The van der Waals surface area contributed by atoms with Crippen molar-refractivity contribution in [3.8, 4) is 0 Å². The molecule has 1 aromatic rings. The van der Waals surface area contributed by atoms with Crippen LogP contribution in [0, 0.1) is 13.7 Å². The second kappa shape index (κ2) is 5.16. The minimum Gasteiger partial charge on any atom is -0.320 e. The first-order valence-electron chi connectivity index (χ1n) is 4.36. The van der Waals surface area contributed by atoms with Gasteiger partial charge in [-0.15, -0.1) is 0 Å². The number of anilines is 1. The van der Waals surface area contributed by atoms with Gasteiger partial charge in [-0.3, -0.25) is 19.5 Å². The van der Waals surface area contributed by atoms with Crippen molar-refractivity contribution >= 4 is 50.0 Å². The van der Waals surface area contributed by atoms with Crippen LogP contribution in [0.15, 0.2) is 17.0 Å². The lowest BCUT2D eigenvalue weighted by atomic mass is 10.2. The first kappa shape index (κ1) is 14.8. The predicted octanol–water partition coefficient (Wildman–Crippen LogP) is 1.40. The summed E-state index contributed by atoms with van der Waals surface area (Å²) in [5, 5.41) is 13.0. The Balaban J connectivity index is 3.55. The van der Waals surface area contributed by atoms with Gasteiger partial charge >= 0.3 is 0 Å². The third kappa shape index (κ3) is 3.36. The Morgan fingerprint density at radius 1 is 1.50 bits per heavy atom. The summed E-state index contributed by atoms with van der Waals surface area (Å²) in [4.78, 5) is 20.3. The average Bonchev–Trinajstić information content (AvgIpc) is 2.17. The van der Waals surface area contributed by atoms with Crippen molar-refractivity contribution in [1.29, 1.82) is 0 Å². The molecule has 0 spiro atoms. The van der Waals surface area contributed by atoms with E-state index >= 15 is 0 Å². The first-order chi connectivity index (χ1) is 8.12. The molecule has 1 aromatic carbocycles. The van der Waals surface area contributed by atoms with Crippen LogP contribution in [0.4, 0.5) is 11.4 Å². The van der Waals surface area contributed by atoms with Crippen molar-refractivity contribution in [3.05, 3.63) is 25.8 Å². The second-order valence-corrected chi connectivity index (χ2v) is 5.80. The van der Waals surface area contributed by atoms with Crippen molar-refractivity contribution in [1.82, 2.24) is 0 Å². The number of carbonyl (C=O) groups excluding carboxylic acids is 1. The van der Waals surface area contributed by atoms with E-state index in [1.54, 1.807) is 22.6 Å². The molecule has 1 rings (SSSR count). The fourth-order valence-corrected chi connectivity index (χ4v) is 2.65. The number of halogens is 1. The molecule has 1 amide bonds. The maximum atomic E-state index is 10.9. The zero-order valence-corrected chi connectivity index (χ0v) is 11.9. The summed E-state index contributed by atoms with van der Waals surface area (Å²) in [6.45, 7) is 1.16. The molecule has 0 radical (unpaired) electrons. The Kier molecular flexibility index (Phi) is 4.24. The van der Waals surface area contributed by atoms with Gasteiger partial charge in [0.15, 0.2) is 0 Å². The summed E-state index contributed by atoms with van der Waals surface area (Å²) in [6.07, 6.45) is 0. The lowest BCUT2D eigenvalue weighted by molar-refractivity contribution is -0.384. The van der Waals surface area contributed by atoms with Gasteiger partial charge in [-0.05, 0) is 28.7 Å². The zero-order chi connectivity index (χ0) is 14.1. The molecule has 0 aromatic heterocycles. The number of rotatable bonds is 3. The van der Waals surface area contributed by atoms with Gasteiger partial charge in [0.1, 0.15) is 10.6 Å². The van der Waals surface area contributed by atoms with Crippen LogP contribution >= 0.6 is 22.6 Å². The van der Waals surface area contributed by atoms with Crippen molar-refractivity contribution in [3.63, 3.8) is 0 Å². The summed E-state index contributed by atoms with van der Waals surface area (Å²) in [5.41, 5.74) is -0.717. The molecule has 0 aliphatic heterocycles. The van der Waals surface area contributed by atoms with Gasteiger partial charge < -0.3 is 5.32 Å². The minimum atomic E-state index is -4.55. The van der Waals surface area contributed by atoms with Gasteiger partial charge in [-0.25, -0.2) is 0 Å². The summed E-state index contributed by atoms with van der Waals surface area (Å²) >= 11 is 1.62. The molecule has 0 aliphatic rings. The third-order valence-corrected chi connectivity index (χ3v) is 3.52. The fraction of sp³-hybridized carbons (Fsp3) is 0.125. The molecular formula is C8H7IN2O6S. The van der Waals surface area contributed by atoms with Crippen LogP contribution < -0.4 is 5.32 Å². The third-order valence-electron chi connectivity index (χ3n) is 1.84. The summed E-state index contributed by atoms with van der Waals surface area (Å²) in [5.74, 6) is -0.532. The Morgan fingerprint density at radius 3 is 2.44 bits per heavy atom. The van der Waals surface area contributed by atoms with Gasteiger partial charge in [0, 0.05) is 16.6 Å². The highest BCUT2D eigenvalue weighted by molar-refractivity contribution is 14.1. The molecule has 0 saturated heterocycles. The maximum absolute atomic E-state index is 10.9. The lowest BCUT2D eigenvalue weighted by Gasteiger charge is -2.07. The zero-order valence-electron chi connectivity index (χ0n) is 8.88. The smallest absolute Gasteiger partial charge is 0.295 e. The summed E-state index contributed by atoms with van der Waals surface area (Å²) in [7, 11) is -4.55. The van der Waals surface area contributed by atoms with Crippen LogP contribution in [-0.2, 0) is 14.9 Å². The Labute approximate surface area is 115 Å². The van der Waals surface area contributed by atoms with Gasteiger partial charge in [0.2, 0.25) is 5.91 Å². The van der Waals surface area contributed by atoms with E-state index in [0.717, 1.165) is 13.0 Å². The van der Waals surface area contributed by atoms with E-state index in [4.69, 9.17) is 4.55 Å². The monoisotopic (exact) mass is 386 g/mol. The average molecular weight is 386 g/mol. The molecular weight excluding hydrogens is 379 g/mol. The number of hydrogen-bond donors (Lipinski definition) is 2. The van der Waals surface area contributed by atoms with Crippen molar-refractivity contribution < 1.29 is 22.7 Å². The Hall–Kier alpha value is -1.27. The van der Waals surface area contributed by atoms with E-state index < -0.39 is 31.5 Å². The Bertz CT molecular complexity index is 627. The number of nitrogens with one attached hydrogen (secondary N) is 1. The van der Waals surface area contributed by atoms with E-state index in [1.807, 2.05) is 0 Å². The van der Waals surface area contributed by atoms with E-state index in [9.17, 15) is 23.3 Å². The van der Waals surface area contributed by atoms with Crippen molar-refractivity contribution in [2.24, 2.45) is 0 Å². The van der Waals surface area contributed by atoms with Crippen LogP contribution in [0.3, 0.4) is 0 Å². The highest BCUT2D eigenvalue weighted by Gasteiger charge is 2.23. The number of carbonyl (C=O) groups is 1. The molecule has 0 saturated carbocycles. The number of hydrogen-bond acceptors (Lipinski definition) is 5. The van der Waals surface area contributed by atoms with Crippen LogP contribution in [0.2, 0.25) is 0 Å². The topological polar surface area (TPSA) is 127 Å². The largest absolute Gasteiger partial charge is 0.320 e. The molecule has 98 valence electrons. The molecule has 0 fully saturated rings. The van der Waals surface area contributed by atoms with Crippen LogP contribution in [0.5, 0.6) is 0 Å². The molecule has 10 heteroatoms. The predicted molar refractivity (Wildman–Crippen MR) is 69.9 cm³/mol. The SMILES string of the molecule is CC(=O)Nc1c(I)cc(S(=O)(=O)O)cc1[N+](=O)[O-]. The van der Waals surface area contributed by atoms with E-state index in [1.165, 1.54) is 0 Å². The molecule has 0 unspecified atom stereocenters. The number of nitro groups is 1. The highest BCUT2D eigenvalue weighted by Crippen LogP contribution is 2.32. The van der Waals surface area contributed by atoms with Gasteiger partial charge in [0.25, 0.3) is 15.8 Å². The Morgan fingerprint density at radius 2 is 2.06 bits per heavy atom. The van der Waals surface area contributed by atoms with Gasteiger partial charge in [0.05, 0.1) is 4.92 Å². The molecule has 2 N–H and O–H groups in total. The van der Waals surface area contributed by atoms with E-state index in [2.05, 4.69) is 5.32 Å². The number of amides is 1. The molecule has 0 bridgehead atoms. The maximum Gasteiger partial charge on any atom is 0.295 e. The summed E-state index contributed by atoms with van der Waals surface area (Å²) < 4.78 is 30.9. The van der Waals surface area contributed by atoms with Crippen LogP contribution in [0.1, 0.15) is 6.92 Å². The van der Waals surface area contributed by atoms with Crippen LogP contribution in [-0.4, -0.2) is 23.8 Å². The molecule has 0 aliphatic carbocycles. The number of nitro benzene ring substituents is 1. The molecule has 0 atom stereocenters.